The van der Waals surface area contributed by atoms with E-state index in [2.05, 4.69) is 15.0 Å². The van der Waals surface area contributed by atoms with Crippen LogP contribution in [0.25, 0.3) is 11.0 Å². The summed E-state index contributed by atoms with van der Waals surface area (Å²) in [5, 5.41) is 0. The molecule has 1 aromatic heterocycles. The first kappa shape index (κ1) is 7.75. The molecule has 68 valence electrons. The van der Waals surface area contributed by atoms with Gasteiger partial charge in [-0.25, -0.2) is 4.99 Å². The monoisotopic (exact) mass is 202 g/mol. The van der Waals surface area contributed by atoms with E-state index in [0.29, 0.717) is 0 Å². The Morgan fingerprint density at radius 2 is 2.00 bits per heavy atom. The van der Waals surface area contributed by atoms with Crippen LogP contribution in [-0.4, -0.2) is 15.5 Å². The van der Waals surface area contributed by atoms with E-state index < -0.39 is 10.7 Å². The third-order valence-corrected chi connectivity index (χ3v) is 3.25. The van der Waals surface area contributed by atoms with E-state index >= 15 is 0 Å². The lowest BCUT2D eigenvalue weighted by molar-refractivity contribution is 1.25. The molecule has 1 unspecified atom stereocenters. The third kappa shape index (κ3) is 0.927. The molecular formula is C9H6N4S. The number of fused-ring (bicyclic) bond motifs is 3. The first-order valence-corrected chi connectivity index (χ1v) is 5.37. The number of rotatable bonds is 0. The number of nitrogens with one attached hydrogen (secondary N) is 1. The molecular weight excluding hydrogens is 196 g/mol. The SMILES string of the molecule is N=S1C=Nc2ccc3nccnc3c21. The molecule has 0 radical (unpaired) electrons. The van der Waals surface area contributed by atoms with Crippen molar-refractivity contribution in [2.75, 3.05) is 0 Å². The Morgan fingerprint density at radius 1 is 1.14 bits per heavy atom. The first-order chi connectivity index (χ1) is 6.86. The van der Waals surface area contributed by atoms with Crippen LogP contribution < -0.4 is 0 Å². The van der Waals surface area contributed by atoms with E-state index in [4.69, 9.17) is 4.78 Å². The molecule has 0 saturated heterocycles. The van der Waals surface area contributed by atoms with E-state index in [1.54, 1.807) is 17.9 Å². The minimum absolute atomic E-state index is 0.667. The van der Waals surface area contributed by atoms with Crippen LogP contribution in [0.4, 0.5) is 5.69 Å². The van der Waals surface area contributed by atoms with Crippen molar-refractivity contribution in [1.29, 1.82) is 4.78 Å². The van der Waals surface area contributed by atoms with Crippen molar-refractivity contribution in [2.45, 2.75) is 4.90 Å². The molecule has 0 spiro atoms. The molecule has 0 aliphatic carbocycles. The first-order valence-electron chi connectivity index (χ1n) is 4.08. The summed E-state index contributed by atoms with van der Waals surface area (Å²) in [6.45, 7) is 0. The summed E-state index contributed by atoms with van der Waals surface area (Å²) in [4.78, 5) is 13.5. The highest BCUT2D eigenvalue weighted by Gasteiger charge is 2.15. The zero-order chi connectivity index (χ0) is 9.54. The second-order valence-corrected chi connectivity index (χ2v) is 4.20. The molecule has 1 N–H and O–H groups in total. The molecule has 0 fully saturated rings. The maximum absolute atomic E-state index is 7.81. The van der Waals surface area contributed by atoms with Gasteiger partial charge in [-0.2, -0.15) is 0 Å². The number of hydrogen-bond donors (Lipinski definition) is 1. The van der Waals surface area contributed by atoms with Crippen LogP contribution in [0.5, 0.6) is 0 Å². The molecule has 0 saturated carbocycles. The summed E-state index contributed by atoms with van der Waals surface area (Å²) in [5.41, 5.74) is 4.15. The smallest absolute Gasteiger partial charge is 0.106 e. The highest BCUT2D eigenvalue weighted by Crippen LogP contribution is 2.32. The van der Waals surface area contributed by atoms with Gasteiger partial charge in [0.1, 0.15) is 5.52 Å². The van der Waals surface area contributed by atoms with Gasteiger partial charge in [0.05, 0.1) is 21.6 Å². The molecule has 5 heteroatoms. The predicted octanol–water partition coefficient (Wildman–Crippen LogP) is 2.04. The minimum atomic E-state index is -0.667. The maximum atomic E-state index is 7.81. The number of hydrogen-bond acceptors (Lipinski definition) is 4. The molecule has 1 aliphatic rings. The Morgan fingerprint density at radius 3 is 2.93 bits per heavy atom. The number of benzene rings is 1. The molecule has 4 nitrogen and oxygen atoms in total. The highest BCUT2D eigenvalue weighted by molar-refractivity contribution is 8.00. The zero-order valence-electron chi connectivity index (χ0n) is 7.14. The molecule has 2 heterocycles. The zero-order valence-corrected chi connectivity index (χ0v) is 7.95. The van der Waals surface area contributed by atoms with Crippen molar-refractivity contribution < 1.29 is 0 Å². The summed E-state index contributed by atoms with van der Waals surface area (Å²) in [5.74, 6) is 0. The molecule has 2 aromatic rings. The third-order valence-electron chi connectivity index (χ3n) is 2.09. The summed E-state index contributed by atoms with van der Waals surface area (Å²) in [6, 6.07) is 3.78. The molecule has 3 rings (SSSR count). The van der Waals surface area contributed by atoms with E-state index in [0.717, 1.165) is 21.6 Å². The van der Waals surface area contributed by atoms with Gasteiger partial charge < -0.3 is 0 Å². The Hall–Kier alpha value is -1.62. The lowest BCUT2D eigenvalue weighted by Crippen LogP contribution is -1.89. The van der Waals surface area contributed by atoms with Crippen LogP contribution in [0, 0.1) is 4.78 Å². The average molecular weight is 202 g/mol. The van der Waals surface area contributed by atoms with Gasteiger partial charge in [0.25, 0.3) is 0 Å². The van der Waals surface area contributed by atoms with Gasteiger partial charge in [0.15, 0.2) is 0 Å². The van der Waals surface area contributed by atoms with Gasteiger partial charge >= 0.3 is 0 Å². The molecule has 0 bridgehead atoms. The van der Waals surface area contributed by atoms with Crippen LogP contribution in [0.15, 0.2) is 34.4 Å². The normalized spacial score (nSPS) is 18.7. The van der Waals surface area contributed by atoms with Gasteiger partial charge in [-0.05, 0) is 22.8 Å². The standard InChI is InChI=1S/C9H6N4S/c10-14-5-13-7-2-1-6-8(9(7)14)12-4-3-11-6/h1-5,10H. The molecule has 1 aromatic carbocycles. The number of aliphatic imine (C=N–C) groups is 1. The van der Waals surface area contributed by atoms with Crippen molar-refractivity contribution in [3.05, 3.63) is 24.5 Å². The molecule has 1 atom stereocenters. The average Bonchev–Trinajstić information content (AvgIpc) is 2.61. The van der Waals surface area contributed by atoms with Gasteiger partial charge in [-0.15, -0.1) is 0 Å². The quantitative estimate of drug-likeness (QED) is 0.710. The molecule has 1 aliphatic heterocycles. The fourth-order valence-corrected chi connectivity index (χ4v) is 2.52. The van der Waals surface area contributed by atoms with Gasteiger partial charge in [0, 0.05) is 12.4 Å². The topological polar surface area (TPSA) is 62.0 Å². The second-order valence-electron chi connectivity index (χ2n) is 2.91. The fourth-order valence-electron chi connectivity index (χ4n) is 1.48. The number of aromatic nitrogens is 2. The Bertz CT molecular complexity index is 576. The molecule has 0 amide bonds. The van der Waals surface area contributed by atoms with Crippen molar-refractivity contribution in [3.8, 4) is 0 Å². The van der Waals surface area contributed by atoms with Crippen LogP contribution in [0.1, 0.15) is 0 Å². The Kier molecular flexibility index (Phi) is 1.49. The summed E-state index contributed by atoms with van der Waals surface area (Å²) < 4.78 is 7.81. The van der Waals surface area contributed by atoms with Crippen molar-refractivity contribution in [1.82, 2.24) is 9.97 Å². The summed E-state index contributed by atoms with van der Waals surface area (Å²) in [6.07, 6.45) is 3.31. The van der Waals surface area contributed by atoms with Crippen LogP contribution in [0.2, 0.25) is 0 Å². The van der Waals surface area contributed by atoms with Crippen molar-refractivity contribution in [2.24, 2.45) is 4.99 Å². The van der Waals surface area contributed by atoms with Gasteiger partial charge in [0.2, 0.25) is 0 Å². The number of nitrogens with zero attached hydrogens (tertiary/aromatic N) is 3. The van der Waals surface area contributed by atoms with Crippen LogP contribution in [-0.2, 0) is 10.7 Å². The van der Waals surface area contributed by atoms with Gasteiger partial charge in [-0.1, -0.05) is 0 Å². The highest BCUT2D eigenvalue weighted by atomic mass is 32.2. The van der Waals surface area contributed by atoms with Crippen LogP contribution in [0.3, 0.4) is 0 Å². The van der Waals surface area contributed by atoms with Crippen molar-refractivity contribution >= 4 is 33.0 Å². The van der Waals surface area contributed by atoms with E-state index in [1.165, 1.54) is 0 Å². The maximum Gasteiger partial charge on any atom is 0.106 e. The van der Waals surface area contributed by atoms with Crippen molar-refractivity contribution in [3.63, 3.8) is 0 Å². The second kappa shape index (κ2) is 2.68. The lowest BCUT2D eigenvalue weighted by atomic mass is 10.2. The van der Waals surface area contributed by atoms with Crippen LogP contribution >= 0.6 is 0 Å². The van der Waals surface area contributed by atoms with E-state index in [-0.39, 0.29) is 0 Å². The largest absolute Gasteiger partial charge is 0.270 e. The van der Waals surface area contributed by atoms with E-state index in [1.807, 2.05) is 12.1 Å². The Balaban J connectivity index is 2.50. The summed E-state index contributed by atoms with van der Waals surface area (Å²) in [7, 11) is -0.667. The predicted molar refractivity (Wildman–Crippen MR) is 56.0 cm³/mol. The Labute approximate surface area is 82.6 Å². The summed E-state index contributed by atoms with van der Waals surface area (Å²) >= 11 is 0. The molecule has 14 heavy (non-hydrogen) atoms. The van der Waals surface area contributed by atoms with Gasteiger partial charge in [-0.3, -0.25) is 14.7 Å². The lowest BCUT2D eigenvalue weighted by Gasteiger charge is -2.01. The minimum Gasteiger partial charge on any atom is -0.270 e. The fraction of sp³-hybridized carbons (Fsp3) is 0. The van der Waals surface area contributed by atoms with E-state index in [9.17, 15) is 0 Å².